The fourth-order valence-electron chi connectivity index (χ4n) is 2.61. The lowest BCUT2D eigenvalue weighted by atomic mass is 10.2. The molecule has 1 amide bonds. The second-order valence-corrected chi connectivity index (χ2v) is 6.99. The Labute approximate surface area is 202 Å². The Morgan fingerprint density at radius 1 is 1.03 bits per heavy atom. The predicted octanol–water partition coefficient (Wildman–Crippen LogP) is 5.32. The number of carbonyl (C=O) groups excluding carboxylic acids is 1. The van der Waals surface area contributed by atoms with Crippen molar-refractivity contribution in [1.29, 1.82) is 0 Å². The molecule has 0 aliphatic carbocycles. The van der Waals surface area contributed by atoms with Gasteiger partial charge in [0.1, 0.15) is 0 Å². The summed E-state index contributed by atoms with van der Waals surface area (Å²) < 4.78 is 5.10. The molecular formula is C21H21Cl2IN4O2. The van der Waals surface area contributed by atoms with Gasteiger partial charge in [0.05, 0.1) is 6.26 Å². The van der Waals surface area contributed by atoms with Gasteiger partial charge in [-0.2, -0.15) is 0 Å². The van der Waals surface area contributed by atoms with Gasteiger partial charge in [0.25, 0.3) is 5.91 Å². The van der Waals surface area contributed by atoms with E-state index in [0.717, 1.165) is 11.1 Å². The number of nitrogens with zero attached hydrogens (tertiary/aromatic N) is 1. The molecule has 3 aromatic rings. The first-order chi connectivity index (χ1) is 14.0. The molecule has 1 heterocycles. The summed E-state index contributed by atoms with van der Waals surface area (Å²) in [5, 5.41) is 10.5. The van der Waals surface area contributed by atoms with Crippen LogP contribution in [0.25, 0.3) is 0 Å². The third kappa shape index (κ3) is 6.93. The third-order valence-corrected chi connectivity index (χ3v) is 4.66. The standard InChI is InChI=1S/C21H20Cl2N4O2.HI/c1-24-21(26-13-15-7-8-16(22)11-18(15)23)25-12-14-4-2-5-17(10-14)27-20(28)19-6-3-9-29-19;/h2-11H,12-13H2,1H3,(H,27,28)(H2,24,25,26);1H. The molecular weight excluding hydrogens is 538 g/mol. The fraction of sp³-hybridized carbons (Fsp3) is 0.143. The Kier molecular flexibility index (Phi) is 9.48. The average Bonchev–Trinajstić information content (AvgIpc) is 3.25. The van der Waals surface area contributed by atoms with Gasteiger partial charge < -0.3 is 20.4 Å². The smallest absolute Gasteiger partial charge is 0.291 e. The third-order valence-electron chi connectivity index (χ3n) is 4.07. The highest BCUT2D eigenvalue weighted by atomic mass is 127. The molecule has 0 aliphatic rings. The highest BCUT2D eigenvalue weighted by Crippen LogP contribution is 2.20. The molecule has 2 aromatic carbocycles. The summed E-state index contributed by atoms with van der Waals surface area (Å²) in [4.78, 5) is 16.3. The van der Waals surface area contributed by atoms with E-state index in [0.29, 0.717) is 34.8 Å². The quantitative estimate of drug-likeness (QED) is 0.217. The van der Waals surface area contributed by atoms with Gasteiger partial charge in [-0.25, -0.2) is 0 Å². The number of benzene rings is 2. The van der Waals surface area contributed by atoms with Gasteiger partial charge in [-0.05, 0) is 47.5 Å². The van der Waals surface area contributed by atoms with Gasteiger partial charge >= 0.3 is 0 Å². The van der Waals surface area contributed by atoms with Crippen LogP contribution in [0.3, 0.4) is 0 Å². The van der Waals surface area contributed by atoms with Crippen molar-refractivity contribution in [2.45, 2.75) is 13.1 Å². The van der Waals surface area contributed by atoms with E-state index < -0.39 is 0 Å². The number of hydrogen-bond acceptors (Lipinski definition) is 3. The van der Waals surface area contributed by atoms with E-state index in [2.05, 4.69) is 20.9 Å². The van der Waals surface area contributed by atoms with Gasteiger partial charge in [-0.1, -0.05) is 41.4 Å². The van der Waals surface area contributed by atoms with E-state index in [-0.39, 0.29) is 35.6 Å². The number of nitrogens with one attached hydrogen (secondary N) is 3. The Morgan fingerprint density at radius 3 is 2.53 bits per heavy atom. The lowest BCUT2D eigenvalue weighted by Crippen LogP contribution is -2.36. The van der Waals surface area contributed by atoms with E-state index >= 15 is 0 Å². The molecule has 0 unspecified atom stereocenters. The van der Waals surface area contributed by atoms with Crippen LogP contribution in [-0.2, 0) is 13.1 Å². The molecule has 0 fully saturated rings. The van der Waals surface area contributed by atoms with Crippen molar-refractivity contribution >= 4 is 64.7 Å². The van der Waals surface area contributed by atoms with Crippen molar-refractivity contribution in [2.75, 3.05) is 12.4 Å². The Balaban J connectivity index is 0.00000320. The molecule has 0 saturated heterocycles. The van der Waals surface area contributed by atoms with Crippen LogP contribution >= 0.6 is 47.2 Å². The van der Waals surface area contributed by atoms with Crippen molar-refractivity contribution in [3.05, 3.63) is 87.8 Å². The number of halogens is 3. The zero-order valence-corrected chi connectivity index (χ0v) is 20.0. The summed E-state index contributed by atoms with van der Waals surface area (Å²) in [5.41, 5.74) is 2.58. The Morgan fingerprint density at radius 2 is 1.83 bits per heavy atom. The minimum Gasteiger partial charge on any atom is -0.459 e. The number of anilines is 1. The molecule has 0 saturated carbocycles. The van der Waals surface area contributed by atoms with E-state index in [9.17, 15) is 4.79 Å². The van der Waals surface area contributed by atoms with Gasteiger partial charge in [0, 0.05) is 35.9 Å². The summed E-state index contributed by atoms with van der Waals surface area (Å²) in [6, 6.07) is 16.2. The van der Waals surface area contributed by atoms with E-state index in [1.165, 1.54) is 6.26 Å². The number of furan rings is 1. The maximum Gasteiger partial charge on any atom is 0.291 e. The number of carbonyl (C=O) groups is 1. The molecule has 0 aliphatic heterocycles. The van der Waals surface area contributed by atoms with E-state index in [1.807, 2.05) is 30.3 Å². The van der Waals surface area contributed by atoms with Crippen molar-refractivity contribution in [1.82, 2.24) is 10.6 Å². The molecule has 0 atom stereocenters. The number of aliphatic imine (C=N–C) groups is 1. The van der Waals surface area contributed by atoms with Gasteiger partial charge in [0.2, 0.25) is 0 Å². The summed E-state index contributed by atoms with van der Waals surface area (Å²) in [6.07, 6.45) is 1.46. The number of amides is 1. The topological polar surface area (TPSA) is 78.7 Å². The van der Waals surface area contributed by atoms with Crippen LogP contribution < -0.4 is 16.0 Å². The maximum atomic E-state index is 12.1. The van der Waals surface area contributed by atoms with E-state index in [1.54, 1.807) is 31.3 Å². The number of rotatable bonds is 6. The molecule has 9 heteroatoms. The summed E-state index contributed by atoms with van der Waals surface area (Å²) >= 11 is 12.1. The van der Waals surface area contributed by atoms with Gasteiger partial charge in [0.15, 0.2) is 11.7 Å². The molecule has 0 spiro atoms. The first kappa shape index (κ1) is 24.0. The minimum atomic E-state index is -0.294. The summed E-state index contributed by atoms with van der Waals surface area (Å²) in [5.74, 6) is 0.595. The van der Waals surface area contributed by atoms with Crippen molar-refractivity contribution in [3.8, 4) is 0 Å². The first-order valence-corrected chi connectivity index (χ1v) is 9.63. The van der Waals surface area contributed by atoms with Crippen molar-refractivity contribution in [2.24, 2.45) is 4.99 Å². The molecule has 30 heavy (non-hydrogen) atoms. The van der Waals surface area contributed by atoms with E-state index in [4.69, 9.17) is 27.6 Å². The van der Waals surface area contributed by atoms with Crippen molar-refractivity contribution in [3.63, 3.8) is 0 Å². The van der Waals surface area contributed by atoms with Crippen LogP contribution in [0.15, 0.2) is 70.3 Å². The Bertz CT molecular complexity index is 1010. The molecule has 0 bridgehead atoms. The molecule has 1 aromatic heterocycles. The molecule has 6 nitrogen and oxygen atoms in total. The maximum absolute atomic E-state index is 12.1. The Hall–Kier alpha value is -2.23. The molecule has 3 rings (SSSR count). The van der Waals surface area contributed by atoms with Gasteiger partial charge in [-0.15, -0.1) is 24.0 Å². The van der Waals surface area contributed by atoms with Crippen LogP contribution in [-0.4, -0.2) is 18.9 Å². The minimum absolute atomic E-state index is 0. The second kappa shape index (κ2) is 11.8. The first-order valence-electron chi connectivity index (χ1n) is 8.87. The second-order valence-electron chi connectivity index (χ2n) is 6.15. The highest BCUT2D eigenvalue weighted by Gasteiger charge is 2.09. The zero-order valence-electron chi connectivity index (χ0n) is 16.1. The number of hydrogen-bond donors (Lipinski definition) is 3. The fourth-order valence-corrected chi connectivity index (χ4v) is 3.09. The lowest BCUT2D eigenvalue weighted by molar-refractivity contribution is 0.0996. The SMILES string of the molecule is CN=C(NCc1cccc(NC(=O)c2ccco2)c1)NCc1ccc(Cl)cc1Cl.I. The predicted molar refractivity (Wildman–Crippen MR) is 132 cm³/mol. The average molecular weight is 559 g/mol. The summed E-state index contributed by atoms with van der Waals surface area (Å²) in [6.45, 7) is 1.04. The van der Waals surface area contributed by atoms with Gasteiger partial charge in [-0.3, -0.25) is 9.79 Å². The van der Waals surface area contributed by atoms with Crippen LogP contribution in [0.1, 0.15) is 21.7 Å². The normalized spacial score (nSPS) is 10.8. The number of guanidine groups is 1. The molecule has 0 radical (unpaired) electrons. The molecule has 158 valence electrons. The summed E-state index contributed by atoms with van der Waals surface area (Å²) in [7, 11) is 1.69. The van der Waals surface area contributed by atoms with Crippen LogP contribution in [0.2, 0.25) is 10.0 Å². The molecule has 3 N–H and O–H groups in total. The van der Waals surface area contributed by atoms with Crippen molar-refractivity contribution < 1.29 is 9.21 Å². The lowest BCUT2D eigenvalue weighted by Gasteiger charge is -2.13. The van der Waals surface area contributed by atoms with Crippen LogP contribution in [0, 0.1) is 0 Å². The monoisotopic (exact) mass is 558 g/mol. The van der Waals surface area contributed by atoms with Crippen LogP contribution in [0.4, 0.5) is 5.69 Å². The largest absolute Gasteiger partial charge is 0.459 e. The highest BCUT2D eigenvalue weighted by molar-refractivity contribution is 14.0. The zero-order chi connectivity index (χ0) is 20.6. The van der Waals surface area contributed by atoms with Crippen LogP contribution in [0.5, 0.6) is 0 Å².